The van der Waals surface area contributed by atoms with Crippen molar-refractivity contribution in [1.29, 1.82) is 0 Å². The average Bonchev–Trinajstić information content (AvgIpc) is 2.38. The van der Waals surface area contributed by atoms with E-state index < -0.39 is 5.97 Å². The van der Waals surface area contributed by atoms with Gasteiger partial charge in [0.1, 0.15) is 5.82 Å². The highest BCUT2D eigenvalue weighted by Crippen LogP contribution is 2.30. The molecule has 5 heteroatoms. The van der Waals surface area contributed by atoms with Crippen LogP contribution in [0.3, 0.4) is 0 Å². The van der Waals surface area contributed by atoms with E-state index in [9.17, 15) is 9.18 Å². The van der Waals surface area contributed by atoms with Gasteiger partial charge < -0.3 is 5.11 Å². The molecule has 3 unspecified atom stereocenters. The maximum Gasteiger partial charge on any atom is 0.306 e. The van der Waals surface area contributed by atoms with Crippen LogP contribution in [-0.2, 0) is 4.79 Å². The Morgan fingerprint density at radius 3 is 2.84 bits per heavy atom. The van der Waals surface area contributed by atoms with Crippen molar-refractivity contribution in [3.63, 3.8) is 0 Å². The number of pyridine rings is 1. The number of halogens is 1. The molecule has 1 saturated heterocycles. The summed E-state index contributed by atoms with van der Waals surface area (Å²) < 4.78 is 12.9. The highest BCUT2D eigenvalue weighted by molar-refractivity contribution is 5.70. The minimum atomic E-state index is -0.709. The molecule has 0 aliphatic carbocycles. The van der Waals surface area contributed by atoms with Crippen LogP contribution in [0.1, 0.15) is 38.4 Å². The SMILES string of the molecule is CC1CC(C(=O)O)CCN1C(C)c1ccc(F)cn1. The molecule has 1 N–H and O–H groups in total. The van der Waals surface area contributed by atoms with Crippen molar-refractivity contribution in [2.45, 2.75) is 38.8 Å². The minimum absolute atomic E-state index is 0.0744. The van der Waals surface area contributed by atoms with E-state index in [1.54, 1.807) is 6.07 Å². The molecule has 1 aliphatic heterocycles. The van der Waals surface area contributed by atoms with Gasteiger partial charge in [-0.1, -0.05) is 0 Å². The van der Waals surface area contributed by atoms with Gasteiger partial charge in [-0.2, -0.15) is 0 Å². The lowest BCUT2D eigenvalue weighted by atomic mass is 9.90. The Labute approximate surface area is 112 Å². The van der Waals surface area contributed by atoms with Gasteiger partial charge in [0.2, 0.25) is 0 Å². The van der Waals surface area contributed by atoms with E-state index in [1.807, 2.05) is 13.8 Å². The minimum Gasteiger partial charge on any atom is -0.481 e. The van der Waals surface area contributed by atoms with Crippen molar-refractivity contribution >= 4 is 5.97 Å². The summed E-state index contributed by atoms with van der Waals surface area (Å²) in [5, 5.41) is 9.06. The highest BCUT2D eigenvalue weighted by Gasteiger charge is 2.32. The van der Waals surface area contributed by atoms with E-state index in [1.165, 1.54) is 12.3 Å². The molecular formula is C14H19FN2O2. The van der Waals surface area contributed by atoms with E-state index >= 15 is 0 Å². The Morgan fingerprint density at radius 1 is 1.58 bits per heavy atom. The van der Waals surface area contributed by atoms with Crippen LogP contribution in [0.5, 0.6) is 0 Å². The Hall–Kier alpha value is -1.49. The molecule has 0 bridgehead atoms. The Bertz CT molecular complexity index is 449. The molecule has 0 spiro atoms. The van der Waals surface area contributed by atoms with Crippen LogP contribution in [0.4, 0.5) is 4.39 Å². The van der Waals surface area contributed by atoms with Gasteiger partial charge in [-0.25, -0.2) is 4.39 Å². The topological polar surface area (TPSA) is 53.4 Å². The second kappa shape index (κ2) is 5.65. The van der Waals surface area contributed by atoms with Gasteiger partial charge in [0.05, 0.1) is 17.8 Å². The molecule has 4 nitrogen and oxygen atoms in total. The summed E-state index contributed by atoms with van der Waals surface area (Å²) in [6.07, 6.45) is 2.53. The molecule has 1 aromatic heterocycles. The van der Waals surface area contributed by atoms with E-state index in [2.05, 4.69) is 9.88 Å². The van der Waals surface area contributed by atoms with Crippen molar-refractivity contribution in [1.82, 2.24) is 9.88 Å². The number of carboxylic acid groups (broad SMARTS) is 1. The molecular weight excluding hydrogens is 247 g/mol. The molecule has 0 aromatic carbocycles. The summed E-state index contributed by atoms with van der Waals surface area (Å²) >= 11 is 0. The number of hydrogen-bond acceptors (Lipinski definition) is 3. The number of rotatable bonds is 3. The second-order valence-electron chi connectivity index (χ2n) is 5.22. The molecule has 1 fully saturated rings. The van der Waals surface area contributed by atoms with E-state index in [-0.39, 0.29) is 23.8 Å². The molecule has 3 atom stereocenters. The molecule has 1 aliphatic rings. The predicted molar refractivity (Wildman–Crippen MR) is 69.1 cm³/mol. The molecule has 2 rings (SSSR count). The number of piperidine rings is 1. The summed E-state index contributed by atoms with van der Waals surface area (Å²) in [6, 6.07) is 3.37. The van der Waals surface area contributed by atoms with Crippen LogP contribution < -0.4 is 0 Å². The molecule has 0 saturated carbocycles. The lowest BCUT2D eigenvalue weighted by Gasteiger charge is -2.39. The van der Waals surface area contributed by atoms with Crippen LogP contribution in [0.2, 0.25) is 0 Å². The van der Waals surface area contributed by atoms with Gasteiger partial charge in [0.25, 0.3) is 0 Å². The lowest BCUT2D eigenvalue weighted by molar-refractivity contribution is -0.144. The summed E-state index contributed by atoms with van der Waals surface area (Å²) in [5.41, 5.74) is 0.821. The van der Waals surface area contributed by atoms with Crippen LogP contribution in [0, 0.1) is 11.7 Å². The van der Waals surface area contributed by atoms with Crippen molar-refractivity contribution in [2.75, 3.05) is 6.54 Å². The first kappa shape index (κ1) is 13.9. The van der Waals surface area contributed by atoms with Crippen LogP contribution in [0.15, 0.2) is 18.3 Å². The third-order valence-corrected chi connectivity index (χ3v) is 3.95. The quantitative estimate of drug-likeness (QED) is 0.913. The number of hydrogen-bond donors (Lipinski definition) is 1. The normalized spacial score (nSPS) is 26.1. The first-order valence-corrected chi connectivity index (χ1v) is 6.59. The predicted octanol–water partition coefficient (Wildman–Crippen LogP) is 2.47. The molecule has 0 radical (unpaired) electrons. The number of nitrogens with zero attached hydrogens (tertiary/aromatic N) is 2. The summed E-state index contributed by atoms with van der Waals surface area (Å²) in [7, 11) is 0. The van der Waals surface area contributed by atoms with Gasteiger partial charge in [0.15, 0.2) is 0 Å². The Balaban J connectivity index is 2.06. The highest BCUT2D eigenvalue weighted by atomic mass is 19.1. The molecule has 0 amide bonds. The van der Waals surface area contributed by atoms with Gasteiger partial charge in [-0.3, -0.25) is 14.7 Å². The molecule has 104 valence electrons. The summed E-state index contributed by atoms with van der Waals surface area (Å²) in [4.78, 5) is 17.4. The fourth-order valence-corrected chi connectivity index (χ4v) is 2.79. The van der Waals surface area contributed by atoms with Crippen molar-refractivity contribution in [3.8, 4) is 0 Å². The molecule has 19 heavy (non-hydrogen) atoms. The number of carbonyl (C=O) groups is 1. The van der Waals surface area contributed by atoms with Crippen molar-refractivity contribution < 1.29 is 14.3 Å². The first-order valence-electron chi connectivity index (χ1n) is 6.59. The zero-order valence-corrected chi connectivity index (χ0v) is 11.2. The smallest absolute Gasteiger partial charge is 0.306 e. The number of aliphatic carboxylic acids is 1. The van der Waals surface area contributed by atoms with Crippen LogP contribution in [-0.4, -0.2) is 33.5 Å². The number of likely N-dealkylation sites (tertiary alicyclic amines) is 1. The van der Waals surface area contributed by atoms with Crippen molar-refractivity contribution in [2.24, 2.45) is 5.92 Å². The number of aromatic nitrogens is 1. The molecule has 2 heterocycles. The van der Waals surface area contributed by atoms with Gasteiger partial charge in [-0.05, 0) is 45.4 Å². The maximum absolute atomic E-state index is 12.9. The number of carboxylic acids is 1. The Morgan fingerprint density at radius 2 is 2.32 bits per heavy atom. The van der Waals surface area contributed by atoms with Crippen LogP contribution >= 0.6 is 0 Å². The third kappa shape index (κ3) is 3.10. The maximum atomic E-state index is 12.9. The van der Waals surface area contributed by atoms with E-state index in [0.717, 1.165) is 12.2 Å². The van der Waals surface area contributed by atoms with E-state index in [0.29, 0.717) is 12.8 Å². The average molecular weight is 266 g/mol. The largest absolute Gasteiger partial charge is 0.481 e. The molecule has 1 aromatic rings. The van der Waals surface area contributed by atoms with E-state index in [4.69, 9.17) is 5.11 Å². The standard InChI is InChI=1S/C14H19FN2O2/c1-9-7-11(14(18)19)5-6-17(9)10(2)13-4-3-12(15)8-16-13/h3-4,8-11H,5-7H2,1-2H3,(H,18,19). The van der Waals surface area contributed by atoms with Crippen LogP contribution in [0.25, 0.3) is 0 Å². The Kier molecular flexibility index (Phi) is 4.14. The summed E-state index contributed by atoms with van der Waals surface area (Å²) in [5.74, 6) is -1.30. The van der Waals surface area contributed by atoms with Gasteiger partial charge in [0, 0.05) is 12.1 Å². The summed E-state index contributed by atoms with van der Waals surface area (Å²) in [6.45, 7) is 4.80. The zero-order valence-electron chi connectivity index (χ0n) is 11.2. The third-order valence-electron chi connectivity index (χ3n) is 3.95. The fraction of sp³-hybridized carbons (Fsp3) is 0.571. The van der Waals surface area contributed by atoms with Crippen molar-refractivity contribution in [3.05, 3.63) is 29.8 Å². The second-order valence-corrected chi connectivity index (χ2v) is 5.22. The lowest BCUT2D eigenvalue weighted by Crippen LogP contribution is -2.44. The van der Waals surface area contributed by atoms with Gasteiger partial charge in [-0.15, -0.1) is 0 Å². The fourth-order valence-electron chi connectivity index (χ4n) is 2.79. The monoisotopic (exact) mass is 266 g/mol. The first-order chi connectivity index (χ1) is 8.99. The zero-order chi connectivity index (χ0) is 14.0. The van der Waals surface area contributed by atoms with Gasteiger partial charge >= 0.3 is 5.97 Å².